The summed E-state index contributed by atoms with van der Waals surface area (Å²) in [4.78, 5) is 12.4. The molecule has 0 unspecified atom stereocenters. The van der Waals surface area contributed by atoms with Crippen LogP contribution >= 0.6 is 11.6 Å². The fourth-order valence-electron chi connectivity index (χ4n) is 3.48. The van der Waals surface area contributed by atoms with Crippen molar-refractivity contribution in [1.82, 2.24) is 0 Å². The molecule has 0 aromatic heterocycles. The predicted molar refractivity (Wildman–Crippen MR) is 123 cm³/mol. The van der Waals surface area contributed by atoms with Gasteiger partial charge >= 0.3 is 12.1 Å². The number of ether oxygens (including phenoxy) is 2. The van der Waals surface area contributed by atoms with E-state index < -0.39 is 23.5 Å². The van der Waals surface area contributed by atoms with Gasteiger partial charge in [-0.15, -0.1) is 0 Å². The van der Waals surface area contributed by atoms with Crippen LogP contribution in [0.1, 0.15) is 23.6 Å². The first-order valence-electron chi connectivity index (χ1n) is 10.2. The van der Waals surface area contributed by atoms with E-state index in [0.717, 1.165) is 41.2 Å². The first kappa shape index (κ1) is 23.4. The normalized spacial score (nSPS) is 15.1. The highest BCUT2D eigenvalue weighted by molar-refractivity contribution is 6.32. The van der Waals surface area contributed by atoms with Gasteiger partial charge in [0, 0.05) is 5.02 Å². The smallest absolute Gasteiger partial charge is 0.416 e. The van der Waals surface area contributed by atoms with Crippen LogP contribution in [0.5, 0.6) is 5.75 Å². The van der Waals surface area contributed by atoms with Gasteiger partial charge in [0.1, 0.15) is 11.3 Å². The first-order chi connectivity index (χ1) is 16.2. The van der Waals surface area contributed by atoms with E-state index in [0.29, 0.717) is 12.2 Å². The third kappa shape index (κ3) is 4.79. The number of cyclic esters (lactones) is 1. The van der Waals surface area contributed by atoms with Crippen molar-refractivity contribution in [2.24, 2.45) is 0 Å². The van der Waals surface area contributed by atoms with Crippen LogP contribution in [-0.2, 0) is 15.7 Å². The zero-order valence-electron chi connectivity index (χ0n) is 17.8. The molecular weight excluding hydrogens is 469 g/mol. The molecule has 1 aliphatic heterocycles. The molecule has 0 radical (unpaired) electrons. The van der Waals surface area contributed by atoms with Gasteiger partial charge in [0.25, 0.3) is 0 Å². The summed E-state index contributed by atoms with van der Waals surface area (Å²) < 4.78 is 49.6. The Morgan fingerprint density at radius 2 is 1.56 bits per heavy atom. The number of aliphatic hydroxyl groups excluding tert-OH is 1. The molecule has 0 saturated heterocycles. The molecule has 4 nitrogen and oxygen atoms in total. The summed E-state index contributed by atoms with van der Waals surface area (Å²) in [5, 5.41) is 10.6. The number of alkyl halides is 3. The van der Waals surface area contributed by atoms with Gasteiger partial charge in [-0.05, 0) is 65.6 Å². The molecular formula is C26H18ClF3O4. The van der Waals surface area contributed by atoms with E-state index >= 15 is 0 Å². The van der Waals surface area contributed by atoms with Gasteiger partial charge in [-0.3, -0.25) is 0 Å². The second-order valence-electron chi connectivity index (χ2n) is 7.39. The largest absolute Gasteiger partial charge is 0.504 e. The van der Waals surface area contributed by atoms with Crippen molar-refractivity contribution >= 4 is 29.2 Å². The van der Waals surface area contributed by atoms with E-state index in [1.54, 1.807) is 24.3 Å². The molecule has 1 N–H and O–H groups in total. The van der Waals surface area contributed by atoms with Gasteiger partial charge in [-0.2, -0.15) is 13.2 Å². The number of rotatable bonds is 5. The fraction of sp³-hybridized carbons (Fsp3) is 0.115. The number of hydrogen-bond donors (Lipinski definition) is 1. The monoisotopic (exact) mass is 486 g/mol. The summed E-state index contributed by atoms with van der Waals surface area (Å²) >= 11 is 6.01. The lowest BCUT2D eigenvalue weighted by Crippen LogP contribution is -2.05. The SMILES string of the molecule is CCOc1ccc(-c2ccc(C3=C(O)/C(=C/c4cc(C(F)(F)F)ccc4Cl)OC3=O)cc2)cc1. The van der Waals surface area contributed by atoms with Crippen LogP contribution < -0.4 is 4.74 Å². The number of aliphatic hydroxyl groups is 1. The Morgan fingerprint density at radius 3 is 2.15 bits per heavy atom. The Bertz CT molecular complexity index is 1290. The average Bonchev–Trinajstić information content (AvgIpc) is 3.08. The summed E-state index contributed by atoms with van der Waals surface area (Å²) in [5.41, 5.74) is 1.16. The Kier molecular flexibility index (Phi) is 6.39. The number of carbonyl (C=O) groups is 1. The first-order valence-corrected chi connectivity index (χ1v) is 10.6. The van der Waals surface area contributed by atoms with Crippen LogP contribution in [-0.4, -0.2) is 17.7 Å². The number of carbonyl (C=O) groups excluding carboxylic acids is 1. The molecule has 1 aliphatic rings. The van der Waals surface area contributed by atoms with E-state index in [4.69, 9.17) is 21.1 Å². The zero-order valence-corrected chi connectivity index (χ0v) is 18.6. The number of halogens is 4. The lowest BCUT2D eigenvalue weighted by atomic mass is 10.00. The van der Waals surface area contributed by atoms with E-state index in [9.17, 15) is 23.1 Å². The van der Waals surface area contributed by atoms with Crippen LogP contribution in [0.15, 0.2) is 78.2 Å². The van der Waals surface area contributed by atoms with E-state index in [1.165, 1.54) is 0 Å². The molecule has 0 atom stereocenters. The minimum Gasteiger partial charge on any atom is -0.504 e. The van der Waals surface area contributed by atoms with E-state index in [1.807, 2.05) is 31.2 Å². The van der Waals surface area contributed by atoms with Crippen LogP contribution in [0, 0.1) is 0 Å². The Morgan fingerprint density at radius 1 is 0.971 bits per heavy atom. The maximum absolute atomic E-state index is 13.0. The molecule has 0 spiro atoms. The second kappa shape index (κ2) is 9.27. The highest BCUT2D eigenvalue weighted by Gasteiger charge is 2.33. The molecule has 174 valence electrons. The summed E-state index contributed by atoms with van der Waals surface area (Å²) in [6.07, 6.45) is -3.47. The summed E-state index contributed by atoms with van der Waals surface area (Å²) in [5.74, 6) is -0.823. The number of benzene rings is 3. The highest BCUT2D eigenvalue weighted by atomic mass is 35.5. The van der Waals surface area contributed by atoms with E-state index in [-0.39, 0.29) is 21.9 Å². The number of hydrogen-bond acceptors (Lipinski definition) is 4. The van der Waals surface area contributed by atoms with Gasteiger partial charge in [-0.25, -0.2) is 4.79 Å². The van der Waals surface area contributed by atoms with Crippen molar-refractivity contribution < 1.29 is 32.5 Å². The second-order valence-corrected chi connectivity index (χ2v) is 7.80. The Balaban J connectivity index is 1.64. The lowest BCUT2D eigenvalue weighted by molar-refractivity contribution is -0.137. The molecule has 0 amide bonds. The standard InChI is InChI=1S/C26H18ClF3O4/c1-2-33-20-10-7-16(8-11-20)15-3-5-17(6-4-15)23-24(31)22(34-25(23)32)14-18-13-19(26(28,29)30)9-12-21(18)27/h3-14,31H,2H2,1H3/b22-14-. The Hall–Kier alpha value is -3.71. The molecule has 4 rings (SSSR count). The molecule has 8 heteroatoms. The molecule has 3 aromatic rings. The Labute approximate surface area is 198 Å². The molecule has 3 aromatic carbocycles. The summed E-state index contributed by atoms with van der Waals surface area (Å²) in [6, 6.07) is 17.1. The molecule has 0 bridgehead atoms. The summed E-state index contributed by atoms with van der Waals surface area (Å²) in [6.45, 7) is 2.47. The number of esters is 1. The van der Waals surface area contributed by atoms with Gasteiger partial charge in [0.05, 0.1) is 12.2 Å². The minimum absolute atomic E-state index is 0.0116. The van der Waals surface area contributed by atoms with Crippen molar-refractivity contribution in [3.63, 3.8) is 0 Å². The van der Waals surface area contributed by atoms with Crippen molar-refractivity contribution in [2.75, 3.05) is 6.61 Å². The molecule has 0 saturated carbocycles. The summed E-state index contributed by atoms with van der Waals surface area (Å²) in [7, 11) is 0. The van der Waals surface area contributed by atoms with Gasteiger partial charge in [-0.1, -0.05) is 48.0 Å². The van der Waals surface area contributed by atoms with Gasteiger partial charge < -0.3 is 14.6 Å². The molecule has 1 heterocycles. The van der Waals surface area contributed by atoms with Crippen LogP contribution in [0.3, 0.4) is 0 Å². The van der Waals surface area contributed by atoms with Crippen molar-refractivity contribution in [1.29, 1.82) is 0 Å². The van der Waals surface area contributed by atoms with Crippen molar-refractivity contribution in [3.05, 3.63) is 100.0 Å². The van der Waals surface area contributed by atoms with Crippen molar-refractivity contribution in [3.8, 4) is 16.9 Å². The van der Waals surface area contributed by atoms with E-state index in [2.05, 4.69) is 0 Å². The fourth-order valence-corrected chi connectivity index (χ4v) is 3.66. The zero-order chi connectivity index (χ0) is 24.5. The van der Waals surface area contributed by atoms with Gasteiger partial charge in [0.2, 0.25) is 0 Å². The van der Waals surface area contributed by atoms with Crippen molar-refractivity contribution in [2.45, 2.75) is 13.1 Å². The molecule has 0 aliphatic carbocycles. The third-order valence-corrected chi connectivity index (χ3v) is 5.50. The molecule has 34 heavy (non-hydrogen) atoms. The predicted octanol–water partition coefficient (Wildman–Crippen LogP) is 7.29. The third-order valence-electron chi connectivity index (χ3n) is 5.16. The minimum atomic E-state index is -4.57. The van der Waals surface area contributed by atoms with Crippen LogP contribution in [0.2, 0.25) is 5.02 Å². The quantitative estimate of drug-likeness (QED) is 0.385. The highest BCUT2D eigenvalue weighted by Crippen LogP contribution is 2.36. The maximum atomic E-state index is 13.0. The topological polar surface area (TPSA) is 55.8 Å². The van der Waals surface area contributed by atoms with Crippen LogP contribution in [0.4, 0.5) is 13.2 Å². The molecule has 0 fully saturated rings. The lowest BCUT2D eigenvalue weighted by Gasteiger charge is -2.08. The maximum Gasteiger partial charge on any atom is 0.416 e. The van der Waals surface area contributed by atoms with Crippen LogP contribution in [0.25, 0.3) is 22.8 Å². The van der Waals surface area contributed by atoms with Gasteiger partial charge in [0.15, 0.2) is 11.5 Å². The average molecular weight is 487 g/mol.